The van der Waals surface area contributed by atoms with E-state index < -0.39 is 11.6 Å². The van der Waals surface area contributed by atoms with E-state index in [-0.39, 0.29) is 17.8 Å². The van der Waals surface area contributed by atoms with E-state index in [0.29, 0.717) is 0 Å². The Kier molecular flexibility index (Phi) is 2.25. The molecule has 1 aliphatic heterocycles. The number of carbonyl (C=O) groups excluding carboxylic acids is 3. The molecule has 0 amide bonds. The molecule has 1 unspecified atom stereocenters. The lowest BCUT2D eigenvalue weighted by atomic mass is 9.89. The van der Waals surface area contributed by atoms with Gasteiger partial charge in [0.05, 0.1) is 11.6 Å². The van der Waals surface area contributed by atoms with Crippen LogP contribution in [-0.4, -0.2) is 23.6 Å². The zero-order valence-electron chi connectivity index (χ0n) is 7.71. The monoisotopic (exact) mass is 201 g/mol. The Morgan fingerprint density at radius 1 is 1.33 bits per heavy atom. The molecule has 0 bridgehead atoms. The van der Waals surface area contributed by atoms with Gasteiger partial charge in [0, 0.05) is 11.8 Å². The molecule has 0 saturated carbocycles. The van der Waals surface area contributed by atoms with Gasteiger partial charge in [-0.3, -0.25) is 19.4 Å². The molecule has 0 spiro atoms. The van der Waals surface area contributed by atoms with E-state index >= 15 is 0 Å². The number of aldehydes is 1. The van der Waals surface area contributed by atoms with Crippen LogP contribution in [-0.2, 0) is 14.4 Å². The fraction of sp³-hybridized carbons (Fsp3) is 0.0909. The second kappa shape index (κ2) is 3.57. The molecule has 0 aromatic carbocycles. The fourth-order valence-electron chi connectivity index (χ4n) is 1.54. The maximum absolute atomic E-state index is 11.5. The molecule has 1 atom stereocenters. The van der Waals surface area contributed by atoms with Gasteiger partial charge in [-0.05, 0) is 6.08 Å². The highest BCUT2D eigenvalue weighted by molar-refractivity contribution is 6.62. The SMILES string of the molecule is O=CC(=O)C(=O)C1=CN=C2C=CC=CC12. The number of ketones is 2. The number of Topliss-reactive ketones (excluding diaryl/α,β-unsaturated/α-hetero) is 2. The highest BCUT2D eigenvalue weighted by Gasteiger charge is 2.30. The van der Waals surface area contributed by atoms with Gasteiger partial charge in [0.2, 0.25) is 5.78 Å². The maximum Gasteiger partial charge on any atom is 0.265 e. The summed E-state index contributed by atoms with van der Waals surface area (Å²) < 4.78 is 0. The summed E-state index contributed by atoms with van der Waals surface area (Å²) in [5.74, 6) is -2.07. The Balaban J connectivity index is 2.25. The lowest BCUT2D eigenvalue weighted by Gasteiger charge is -2.10. The summed E-state index contributed by atoms with van der Waals surface area (Å²) >= 11 is 0. The van der Waals surface area contributed by atoms with Gasteiger partial charge < -0.3 is 0 Å². The van der Waals surface area contributed by atoms with Gasteiger partial charge >= 0.3 is 0 Å². The van der Waals surface area contributed by atoms with Crippen molar-refractivity contribution >= 4 is 23.6 Å². The number of fused-ring (bicyclic) bond motifs is 1. The highest BCUT2D eigenvalue weighted by Crippen LogP contribution is 2.25. The van der Waals surface area contributed by atoms with Crippen molar-refractivity contribution in [2.24, 2.45) is 10.9 Å². The number of rotatable bonds is 3. The molecule has 2 rings (SSSR count). The Morgan fingerprint density at radius 2 is 2.13 bits per heavy atom. The summed E-state index contributed by atoms with van der Waals surface area (Å²) in [4.78, 5) is 36.6. The molecular weight excluding hydrogens is 194 g/mol. The van der Waals surface area contributed by atoms with Gasteiger partial charge in [-0.1, -0.05) is 18.2 Å². The summed E-state index contributed by atoms with van der Waals surface area (Å²) in [5, 5.41) is 0. The first kappa shape index (κ1) is 9.45. The largest absolute Gasteiger partial charge is 0.294 e. The van der Waals surface area contributed by atoms with Gasteiger partial charge in [-0.15, -0.1) is 0 Å². The van der Waals surface area contributed by atoms with E-state index in [1.165, 1.54) is 6.20 Å². The van der Waals surface area contributed by atoms with E-state index in [0.717, 1.165) is 5.71 Å². The van der Waals surface area contributed by atoms with E-state index in [1.807, 2.05) is 0 Å². The number of nitrogens with zero attached hydrogens (tertiary/aromatic N) is 1. The molecule has 0 aromatic heterocycles. The zero-order chi connectivity index (χ0) is 10.8. The smallest absolute Gasteiger partial charge is 0.265 e. The predicted octanol–water partition coefficient (Wildman–Crippen LogP) is 0.404. The molecule has 0 fully saturated rings. The molecule has 2 aliphatic rings. The van der Waals surface area contributed by atoms with Crippen LogP contribution in [0.2, 0.25) is 0 Å². The molecule has 1 aliphatic carbocycles. The van der Waals surface area contributed by atoms with Crippen molar-refractivity contribution in [3.8, 4) is 0 Å². The quantitative estimate of drug-likeness (QED) is 0.377. The van der Waals surface area contributed by atoms with Gasteiger partial charge in [0.15, 0.2) is 6.29 Å². The molecule has 74 valence electrons. The number of allylic oxidation sites excluding steroid dienone is 5. The minimum Gasteiger partial charge on any atom is -0.294 e. The first-order valence-corrected chi connectivity index (χ1v) is 4.40. The highest BCUT2D eigenvalue weighted by atomic mass is 16.2. The van der Waals surface area contributed by atoms with Crippen molar-refractivity contribution < 1.29 is 14.4 Å². The molecule has 0 aromatic rings. The van der Waals surface area contributed by atoms with Crippen LogP contribution in [0.1, 0.15) is 0 Å². The second-order valence-electron chi connectivity index (χ2n) is 3.17. The standard InChI is InChI=1S/C11H7NO3/c13-6-10(14)11(15)8-5-12-9-4-2-1-3-7(8)9/h1-7H. The van der Waals surface area contributed by atoms with Crippen LogP contribution >= 0.6 is 0 Å². The van der Waals surface area contributed by atoms with Crippen LogP contribution in [0, 0.1) is 5.92 Å². The molecule has 4 heteroatoms. The Morgan fingerprint density at radius 3 is 2.87 bits per heavy atom. The van der Waals surface area contributed by atoms with Crippen LogP contribution in [0.25, 0.3) is 0 Å². The van der Waals surface area contributed by atoms with Gasteiger partial charge in [0.25, 0.3) is 5.78 Å². The van der Waals surface area contributed by atoms with Crippen LogP contribution < -0.4 is 0 Å². The van der Waals surface area contributed by atoms with Crippen molar-refractivity contribution in [1.29, 1.82) is 0 Å². The Labute approximate surface area is 85.7 Å². The first-order chi connectivity index (χ1) is 7.24. The summed E-state index contributed by atoms with van der Waals surface area (Å²) in [6.07, 6.45) is 8.51. The molecular formula is C11H7NO3. The maximum atomic E-state index is 11.5. The van der Waals surface area contributed by atoms with Crippen LogP contribution in [0.4, 0.5) is 0 Å². The summed E-state index contributed by atoms with van der Waals surface area (Å²) in [6, 6.07) is 0. The first-order valence-electron chi connectivity index (χ1n) is 4.40. The van der Waals surface area contributed by atoms with Crippen molar-refractivity contribution in [2.75, 3.05) is 0 Å². The van der Waals surface area contributed by atoms with E-state index in [4.69, 9.17) is 0 Å². The predicted molar refractivity (Wildman–Crippen MR) is 53.4 cm³/mol. The third-order valence-electron chi connectivity index (χ3n) is 2.28. The fourth-order valence-corrected chi connectivity index (χ4v) is 1.54. The van der Waals surface area contributed by atoms with Crippen LogP contribution in [0.3, 0.4) is 0 Å². The second-order valence-corrected chi connectivity index (χ2v) is 3.17. The normalized spacial score (nSPS) is 21.7. The minimum absolute atomic E-state index is 0.0313. The number of hydrogen-bond donors (Lipinski definition) is 0. The number of hydrogen-bond acceptors (Lipinski definition) is 4. The summed E-state index contributed by atoms with van der Waals surface area (Å²) in [6.45, 7) is 0. The third kappa shape index (κ3) is 1.50. The van der Waals surface area contributed by atoms with Crippen molar-refractivity contribution in [3.63, 3.8) is 0 Å². The lowest BCUT2D eigenvalue weighted by molar-refractivity contribution is -0.138. The number of carbonyl (C=O) groups is 3. The third-order valence-corrected chi connectivity index (χ3v) is 2.28. The minimum atomic E-state index is -1.03. The average Bonchev–Trinajstić information content (AvgIpc) is 2.70. The average molecular weight is 201 g/mol. The molecule has 4 nitrogen and oxygen atoms in total. The summed E-state index contributed by atoms with van der Waals surface area (Å²) in [7, 11) is 0. The Bertz CT molecular complexity index is 466. The van der Waals surface area contributed by atoms with Crippen LogP contribution in [0.15, 0.2) is 41.1 Å². The van der Waals surface area contributed by atoms with Gasteiger partial charge in [-0.25, -0.2) is 0 Å². The van der Waals surface area contributed by atoms with Crippen molar-refractivity contribution in [1.82, 2.24) is 0 Å². The molecule has 15 heavy (non-hydrogen) atoms. The van der Waals surface area contributed by atoms with Gasteiger partial charge in [-0.2, -0.15) is 0 Å². The van der Waals surface area contributed by atoms with Crippen molar-refractivity contribution in [2.45, 2.75) is 0 Å². The molecule has 1 heterocycles. The topological polar surface area (TPSA) is 63.6 Å². The van der Waals surface area contributed by atoms with E-state index in [2.05, 4.69) is 4.99 Å². The molecule has 0 radical (unpaired) electrons. The molecule has 0 saturated heterocycles. The summed E-state index contributed by atoms with van der Waals surface area (Å²) in [5.41, 5.74) is 0.988. The van der Waals surface area contributed by atoms with E-state index in [1.54, 1.807) is 24.3 Å². The zero-order valence-corrected chi connectivity index (χ0v) is 7.71. The Hall–Kier alpha value is -2.10. The number of aliphatic imine (C=N–C) groups is 1. The molecule has 0 N–H and O–H groups in total. The van der Waals surface area contributed by atoms with Gasteiger partial charge in [0.1, 0.15) is 0 Å². The lowest BCUT2D eigenvalue weighted by Crippen LogP contribution is -2.23. The van der Waals surface area contributed by atoms with Crippen LogP contribution in [0.5, 0.6) is 0 Å². The van der Waals surface area contributed by atoms with Crippen molar-refractivity contribution in [3.05, 3.63) is 36.1 Å². The van der Waals surface area contributed by atoms with E-state index in [9.17, 15) is 14.4 Å².